The summed E-state index contributed by atoms with van der Waals surface area (Å²) in [6.45, 7) is 6.23. The number of piperidine rings is 1. The lowest BCUT2D eigenvalue weighted by Gasteiger charge is -2.39. The van der Waals surface area contributed by atoms with E-state index in [2.05, 4.69) is 40.4 Å². The van der Waals surface area contributed by atoms with Crippen molar-refractivity contribution in [2.45, 2.75) is 32.7 Å². The Morgan fingerprint density at radius 2 is 2.37 bits per heavy atom. The first kappa shape index (κ1) is 14.6. The number of hydrogen-bond acceptors (Lipinski definition) is 2. The second-order valence-corrected chi connectivity index (χ2v) is 6.88. The first-order valence-corrected chi connectivity index (χ1v) is 7.53. The summed E-state index contributed by atoms with van der Waals surface area (Å²) in [4.78, 5) is 12.2. The van der Waals surface area contributed by atoms with Gasteiger partial charge >= 0.3 is 0 Å². The summed E-state index contributed by atoms with van der Waals surface area (Å²) in [5.41, 5.74) is 0.917. The summed E-state index contributed by atoms with van der Waals surface area (Å²) < 4.78 is 2.76. The zero-order valence-corrected chi connectivity index (χ0v) is 13.4. The maximum Gasteiger partial charge on any atom is 0.267 e. The van der Waals surface area contributed by atoms with Crippen LogP contribution in [0.3, 0.4) is 0 Å². The topological polar surface area (TPSA) is 46.1 Å². The average Bonchev–Trinajstić information content (AvgIpc) is 2.66. The summed E-state index contributed by atoms with van der Waals surface area (Å²) in [5, 5.41) is 6.54. The van der Waals surface area contributed by atoms with Crippen LogP contribution in [0.1, 0.15) is 37.2 Å². The maximum absolute atomic E-state index is 12.2. The first-order valence-electron chi connectivity index (χ1n) is 6.73. The predicted octanol–water partition coefficient (Wildman–Crippen LogP) is 2.30. The standard InChI is InChI=1S/C14H22BrN3O/c1-14(2)5-4-6-16-12(14)8-17-13(19)11-7-10(15)9-18(11)3/h7,9,12,16H,4-6,8H2,1-3H3,(H,17,19). The quantitative estimate of drug-likeness (QED) is 0.894. The van der Waals surface area contributed by atoms with Crippen molar-refractivity contribution in [2.75, 3.05) is 13.1 Å². The van der Waals surface area contributed by atoms with Gasteiger partial charge in [0.25, 0.3) is 5.91 Å². The number of rotatable bonds is 3. The molecule has 1 aromatic rings. The van der Waals surface area contributed by atoms with Crippen molar-refractivity contribution < 1.29 is 4.79 Å². The number of nitrogens with zero attached hydrogens (tertiary/aromatic N) is 1. The largest absolute Gasteiger partial charge is 0.349 e. The van der Waals surface area contributed by atoms with Crippen LogP contribution < -0.4 is 10.6 Å². The number of nitrogens with one attached hydrogen (secondary N) is 2. The second-order valence-electron chi connectivity index (χ2n) is 5.96. The van der Waals surface area contributed by atoms with Crippen LogP contribution in [0.25, 0.3) is 0 Å². The van der Waals surface area contributed by atoms with Crippen LogP contribution >= 0.6 is 15.9 Å². The van der Waals surface area contributed by atoms with Crippen LogP contribution in [0.2, 0.25) is 0 Å². The number of aromatic nitrogens is 1. The lowest BCUT2D eigenvalue weighted by molar-refractivity contribution is 0.0921. The minimum atomic E-state index is -0.0172. The van der Waals surface area contributed by atoms with Crippen LogP contribution in [0.15, 0.2) is 16.7 Å². The van der Waals surface area contributed by atoms with Gasteiger partial charge < -0.3 is 15.2 Å². The average molecular weight is 328 g/mol. The Bertz CT molecular complexity index is 467. The predicted molar refractivity (Wildman–Crippen MR) is 80.3 cm³/mol. The highest BCUT2D eigenvalue weighted by Crippen LogP contribution is 2.29. The Labute approximate surface area is 123 Å². The van der Waals surface area contributed by atoms with Gasteiger partial charge in [-0.05, 0) is 46.8 Å². The fourth-order valence-electron chi connectivity index (χ4n) is 2.65. The summed E-state index contributed by atoms with van der Waals surface area (Å²) >= 11 is 3.38. The molecule has 0 bridgehead atoms. The number of hydrogen-bond donors (Lipinski definition) is 2. The summed E-state index contributed by atoms with van der Waals surface area (Å²) in [7, 11) is 1.88. The van der Waals surface area contributed by atoms with Crippen molar-refractivity contribution in [2.24, 2.45) is 12.5 Å². The molecule has 0 aliphatic carbocycles. The molecule has 2 heterocycles. The van der Waals surface area contributed by atoms with Gasteiger partial charge in [0.15, 0.2) is 0 Å². The Balaban J connectivity index is 1.95. The first-order chi connectivity index (χ1) is 8.90. The van der Waals surface area contributed by atoms with Crippen LogP contribution in [0, 0.1) is 5.41 Å². The van der Waals surface area contributed by atoms with E-state index in [4.69, 9.17) is 0 Å². The third-order valence-electron chi connectivity index (χ3n) is 4.00. The Morgan fingerprint density at radius 3 is 2.95 bits per heavy atom. The van der Waals surface area contributed by atoms with Crippen molar-refractivity contribution >= 4 is 21.8 Å². The molecule has 0 saturated carbocycles. The summed E-state index contributed by atoms with van der Waals surface area (Å²) in [5.74, 6) is -0.0172. The maximum atomic E-state index is 12.2. The van der Waals surface area contributed by atoms with E-state index in [-0.39, 0.29) is 11.3 Å². The van der Waals surface area contributed by atoms with Gasteiger partial charge in [-0.25, -0.2) is 0 Å². The van der Waals surface area contributed by atoms with E-state index >= 15 is 0 Å². The Hall–Kier alpha value is -0.810. The molecule has 1 aliphatic rings. The zero-order chi connectivity index (χ0) is 14.0. The van der Waals surface area contributed by atoms with Gasteiger partial charge in [0, 0.05) is 30.3 Å². The highest BCUT2D eigenvalue weighted by Gasteiger charge is 2.32. The third-order valence-corrected chi connectivity index (χ3v) is 4.44. The minimum Gasteiger partial charge on any atom is -0.349 e. The SMILES string of the molecule is Cn1cc(Br)cc1C(=O)NCC1NCCCC1(C)C. The molecule has 1 aliphatic heterocycles. The summed E-state index contributed by atoms with van der Waals surface area (Å²) in [6, 6.07) is 2.18. The smallest absolute Gasteiger partial charge is 0.267 e. The third kappa shape index (κ3) is 3.39. The highest BCUT2D eigenvalue weighted by atomic mass is 79.9. The van der Waals surface area contributed by atoms with E-state index in [9.17, 15) is 4.79 Å². The van der Waals surface area contributed by atoms with Crippen molar-refractivity contribution in [3.63, 3.8) is 0 Å². The van der Waals surface area contributed by atoms with E-state index in [1.807, 2.05) is 23.9 Å². The van der Waals surface area contributed by atoms with Crippen LogP contribution in [0.5, 0.6) is 0 Å². The second kappa shape index (κ2) is 5.67. The number of carbonyl (C=O) groups excluding carboxylic acids is 1. The van der Waals surface area contributed by atoms with Gasteiger partial charge in [0.1, 0.15) is 5.69 Å². The normalized spacial score (nSPS) is 22.2. The van der Waals surface area contributed by atoms with Gasteiger partial charge in [0.2, 0.25) is 0 Å². The van der Waals surface area contributed by atoms with Gasteiger partial charge in [0.05, 0.1) is 0 Å². The molecule has 1 unspecified atom stereocenters. The molecule has 1 saturated heterocycles. The van der Waals surface area contributed by atoms with Crippen molar-refractivity contribution in [1.29, 1.82) is 0 Å². The molecule has 4 nitrogen and oxygen atoms in total. The molecule has 2 rings (SSSR count). The molecular weight excluding hydrogens is 306 g/mol. The molecule has 5 heteroatoms. The Morgan fingerprint density at radius 1 is 1.63 bits per heavy atom. The highest BCUT2D eigenvalue weighted by molar-refractivity contribution is 9.10. The van der Waals surface area contributed by atoms with E-state index < -0.39 is 0 Å². The van der Waals surface area contributed by atoms with E-state index in [1.54, 1.807) is 0 Å². The van der Waals surface area contributed by atoms with Gasteiger partial charge in [-0.2, -0.15) is 0 Å². The van der Waals surface area contributed by atoms with Crippen LogP contribution in [-0.2, 0) is 7.05 Å². The fourth-order valence-corrected chi connectivity index (χ4v) is 3.18. The lowest BCUT2D eigenvalue weighted by atomic mass is 9.77. The van der Waals surface area contributed by atoms with E-state index in [1.165, 1.54) is 12.8 Å². The molecule has 2 N–H and O–H groups in total. The molecule has 0 aromatic carbocycles. The minimum absolute atomic E-state index is 0.0172. The van der Waals surface area contributed by atoms with Crippen LogP contribution in [-0.4, -0.2) is 29.6 Å². The number of aryl methyl sites for hydroxylation is 1. The molecule has 1 aromatic heterocycles. The molecule has 0 spiro atoms. The van der Waals surface area contributed by atoms with Crippen LogP contribution in [0.4, 0.5) is 0 Å². The van der Waals surface area contributed by atoms with E-state index in [0.29, 0.717) is 18.3 Å². The molecule has 1 fully saturated rings. The van der Waals surface area contributed by atoms with Gasteiger partial charge in [-0.1, -0.05) is 13.8 Å². The summed E-state index contributed by atoms with van der Waals surface area (Å²) in [6.07, 6.45) is 4.30. The monoisotopic (exact) mass is 327 g/mol. The van der Waals surface area contributed by atoms with Gasteiger partial charge in [-0.15, -0.1) is 0 Å². The van der Waals surface area contributed by atoms with Gasteiger partial charge in [-0.3, -0.25) is 4.79 Å². The molecule has 1 atom stereocenters. The van der Waals surface area contributed by atoms with Crippen molar-refractivity contribution in [3.05, 3.63) is 22.4 Å². The zero-order valence-electron chi connectivity index (χ0n) is 11.8. The van der Waals surface area contributed by atoms with E-state index in [0.717, 1.165) is 11.0 Å². The van der Waals surface area contributed by atoms with Crippen molar-refractivity contribution in [1.82, 2.24) is 15.2 Å². The molecular formula is C14H22BrN3O. The fraction of sp³-hybridized carbons (Fsp3) is 0.643. The molecule has 0 radical (unpaired) electrons. The number of carbonyl (C=O) groups is 1. The molecule has 1 amide bonds. The molecule has 19 heavy (non-hydrogen) atoms. The molecule has 106 valence electrons. The lowest BCUT2D eigenvalue weighted by Crippen LogP contribution is -2.52. The number of halogens is 1. The Kier molecular flexibility index (Phi) is 4.36. The number of amides is 1. The van der Waals surface area contributed by atoms with Crippen molar-refractivity contribution in [3.8, 4) is 0 Å².